The van der Waals surface area contributed by atoms with Gasteiger partial charge in [0.1, 0.15) is 0 Å². The van der Waals surface area contributed by atoms with Crippen LogP contribution in [0.2, 0.25) is 0 Å². The van der Waals surface area contributed by atoms with Crippen molar-refractivity contribution in [3.05, 3.63) is 164 Å². The molecule has 0 aliphatic heterocycles. The second-order valence-electron chi connectivity index (χ2n) is 12.3. The second-order valence-corrected chi connectivity index (χ2v) is 12.3. The maximum absolute atomic E-state index is 5.98. The molecule has 0 atom stereocenters. The molecule has 0 fully saturated rings. The van der Waals surface area contributed by atoms with Crippen LogP contribution in [-0.2, 0) is 0 Å². The van der Waals surface area contributed by atoms with Gasteiger partial charge in [0.05, 0.1) is 33.5 Å². The fourth-order valence-corrected chi connectivity index (χ4v) is 7.11. The number of aromatic nitrogens is 5. The average molecular weight is 642 g/mol. The third-order valence-electron chi connectivity index (χ3n) is 9.40. The van der Waals surface area contributed by atoms with Crippen molar-refractivity contribution in [3.63, 3.8) is 0 Å². The lowest BCUT2D eigenvalue weighted by Gasteiger charge is -2.15. The standard InChI is InChI=1S/C44H27N5O/c1-3-12-28(13-4-1)41-36-24-23-34-33-18-8-10-21-39(33)49(42(34)40(36)35-19-7-9-20-38(35)46-41)32-17-11-16-30(26-32)37-25-22-31(27-45-37)44-48-47-43(50-44)29-14-5-2-6-15-29/h1-27H. The van der Waals surface area contributed by atoms with Crippen molar-refractivity contribution in [2.75, 3.05) is 0 Å². The molecule has 6 aromatic carbocycles. The molecule has 50 heavy (non-hydrogen) atoms. The quantitative estimate of drug-likeness (QED) is 0.175. The van der Waals surface area contributed by atoms with Gasteiger partial charge in [0, 0.05) is 55.5 Å². The summed E-state index contributed by atoms with van der Waals surface area (Å²) in [6.45, 7) is 0. The van der Waals surface area contributed by atoms with Crippen LogP contribution in [-0.4, -0.2) is 24.7 Å². The molecule has 0 bridgehead atoms. The normalized spacial score (nSPS) is 11.6. The number of nitrogens with zero attached hydrogens (tertiary/aromatic N) is 5. The number of rotatable bonds is 5. The Bertz CT molecular complexity index is 2860. The van der Waals surface area contributed by atoms with E-state index in [9.17, 15) is 0 Å². The minimum Gasteiger partial charge on any atom is -0.416 e. The van der Waals surface area contributed by atoms with Crippen LogP contribution in [0.1, 0.15) is 0 Å². The fraction of sp³-hybridized carbons (Fsp3) is 0. The fourth-order valence-electron chi connectivity index (χ4n) is 7.11. The van der Waals surface area contributed by atoms with Crippen LogP contribution in [0, 0.1) is 0 Å². The van der Waals surface area contributed by atoms with Crippen molar-refractivity contribution < 1.29 is 4.42 Å². The first-order chi connectivity index (χ1) is 24.8. The summed E-state index contributed by atoms with van der Waals surface area (Å²) in [5.41, 5.74) is 9.91. The van der Waals surface area contributed by atoms with Gasteiger partial charge >= 0.3 is 0 Å². The van der Waals surface area contributed by atoms with E-state index in [1.54, 1.807) is 6.20 Å². The highest BCUT2D eigenvalue weighted by Gasteiger charge is 2.20. The summed E-state index contributed by atoms with van der Waals surface area (Å²) in [6.07, 6.45) is 1.79. The predicted molar refractivity (Wildman–Crippen MR) is 201 cm³/mol. The first-order valence-corrected chi connectivity index (χ1v) is 16.6. The number of pyridine rings is 2. The van der Waals surface area contributed by atoms with E-state index in [-0.39, 0.29) is 0 Å². The van der Waals surface area contributed by atoms with Gasteiger partial charge in [-0.1, -0.05) is 109 Å². The van der Waals surface area contributed by atoms with Crippen LogP contribution < -0.4 is 0 Å². The summed E-state index contributed by atoms with van der Waals surface area (Å²) in [4.78, 5) is 10.0. The summed E-state index contributed by atoms with van der Waals surface area (Å²) in [5, 5.41) is 14.4. The van der Waals surface area contributed by atoms with Crippen LogP contribution in [0.3, 0.4) is 0 Å². The van der Waals surface area contributed by atoms with Crippen LogP contribution in [0.5, 0.6) is 0 Å². The maximum atomic E-state index is 5.98. The molecular formula is C44H27N5O. The molecule has 0 aliphatic carbocycles. The van der Waals surface area contributed by atoms with Crippen molar-refractivity contribution in [2.45, 2.75) is 0 Å². The van der Waals surface area contributed by atoms with Crippen molar-refractivity contribution in [2.24, 2.45) is 0 Å². The monoisotopic (exact) mass is 641 g/mol. The highest BCUT2D eigenvalue weighted by Crippen LogP contribution is 2.42. The number of para-hydroxylation sites is 2. The highest BCUT2D eigenvalue weighted by molar-refractivity contribution is 6.26. The second kappa shape index (κ2) is 11.4. The summed E-state index contributed by atoms with van der Waals surface area (Å²) in [7, 11) is 0. The first kappa shape index (κ1) is 28.1. The van der Waals surface area contributed by atoms with Gasteiger partial charge in [-0.3, -0.25) is 4.98 Å². The van der Waals surface area contributed by atoms with Gasteiger partial charge in [0.25, 0.3) is 0 Å². The zero-order chi connectivity index (χ0) is 33.0. The minimum atomic E-state index is 0.436. The first-order valence-electron chi connectivity index (χ1n) is 16.6. The van der Waals surface area contributed by atoms with Gasteiger partial charge in [-0.05, 0) is 48.5 Å². The van der Waals surface area contributed by atoms with Gasteiger partial charge in [0.2, 0.25) is 11.8 Å². The minimum absolute atomic E-state index is 0.436. The molecule has 10 rings (SSSR count). The Hall–Kier alpha value is -6.92. The molecule has 0 spiro atoms. The van der Waals surface area contributed by atoms with Crippen LogP contribution >= 0.6 is 0 Å². The molecule has 0 N–H and O–H groups in total. The van der Waals surface area contributed by atoms with E-state index >= 15 is 0 Å². The summed E-state index contributed by atoms with van der Waals surface area (Å²) >= 11 is 0. The van der Waals surface area contributed by atoms with E-state index in [2.05, 4.69) is 124 Å². The van der Waals surface area contributed by atoms with Crippen LogP contribution in [0.15, 0.2) is 168 Å². The molecule has 0 saturated carbocycles. The van der Waals surface area contributed by atoms with Gasteiger partial charge < -0.3 is 8.98 Å². The Balaban J connectivity index is 1.15. The zero-order valence-corrected chi connectivity index (χ0v) is 26.7. The van der Waals surface area contributed by atoms with Gasteiger partial charge in [-0.25, -0.2) is 4.98 Å². The lowest BCUT2D eigenvalue weighted by atomic mass is 9.97. The third-order valence-corrected chi connectivity index (χ3v) is 9.40. The topological polar surface area (TPSA) is 69.6 Å². The van der Waals surface area contributed by atoms with Crippen LogP contribution in [0.4, 0.5) is 0 Å². The smallest absolute Gasteiger partial charge is 0.249 e. The van der Waals surface area contributed by atoms with E-state index in [0.717, 1.165) is 66.7 Å². The number of fused-ring (bicyclic) bond motifs is 7. The molecule has 0 radical (unpaired) electrons. The van der Waals surface area contributed by atoms with Gasteiger partial charge in [0.15, 0.2) is 0 Å². The molecule has 4 heterocycles. The molecule has 10 aromatic rings. The molecular weight excluding hydrogens is 615 g/mol. The SMILES string of the molecule is c1ccc(-c2nnc(-c3ccc(-c4cccc(-n5c6ccccc6c6ccc7c(-c8ccccc8)nc8ccccc8c7c65)c4)nc3)o2)cc1. The van der Waals surface area contributed by atoms with E-state index in [1.807, 2.05) is 48.5 Å². The van der Waals surface area contributed by atoms with E-state index in [4.69, 9.17) is 14.4 Å². The summed E-state index contributed by atoms with van der Waals surface area (Å²) < 4.78 is 8.38. The maximum Gasteiger partial charge on any atom is 0.249 e. The number of benzene rings is 6. The molecule has 234 valence electrons. The van der Waals surface area contributed by atoms with Crippen molar-refractivity contribution in [3.8, 4) is 51.1 Å². The highest BCUT2D eigenvalue weighted by atomic mass is 16.4. The van der Waals surface area contributed by atoms with E-state index in [1.165, 1.54) is 16.2 Å². The molecule has 0 aliphatic rings. The van der Waals surface area contributed by atoms with Crippen molar-refractivity contribution in [1.29, 1.82) is 0 Å². The molecule has 0 saturated heterocycles. The zero-order valence-electron chi connectivity index (χ0n) is 26.7. The third kappa shape index (κ3) is 4.50. The number of hydrogen-bond donors (Lipinski definition) is 0. The van der Waals surface area contributed by atoms with Crippen LogP contribution in [0.25, 0.3) is 94.6 Å². The lowest BCUT2D eigenvalue weighted by Crippen LogP contribution is -1.97. The molecule has 0 amide bonds. The Kier molecular flexibility index (Phi) is 6.39. The molecule has 6 nitrogen and oxygen atoms in total. The largest absolute Gasteiger partial charge is 0.416 e. The van der Waals surface area contributed by atoms with E-state index in [0.29, 0.717) is 11.8 Å². The predicted octanol–water partition coefficient (Wildman–Crippen LogP) is 10.9. The Labute approximate surface area is 287 Å². The molecule has 4 aromatic heterocycles. The summed E-state index contributed by atoms with van der Waals surface area (Å²) in [5.74, 6) is 0.918. The molecule has 6 heteroatoms. The lowest BCUT2D eigenvalue weighted by molar-refractivity contribution is 0.584. The average Bonchev–Trinajstić information content (AvgIpc) is 3.82. The summed E-state index contributed by atoms with van der Waals surface area (Å²) in [6, 6.07) is 54.4. The molecule has 0 unspecified atom stereocenters. The van der Waals surface area contributed by atoms with E-state index < -0.39 is 0 Å². The number of hydrogen-bond acceptors (Lipinski definition) is 5. The van der Waals surface area contributed by atoms with Gasteiger partial charge in [-0.2, -0.15) is 0 Å². The van der Waals surface area contributed by atoms with Crippen molar-refractivity contribution >= 4 is 43.5 Å². The Morgan fingerprint density at radius 3 is 1.96 bits per heavy atom. The Morgan fingerprint density at radius 1 is 0.480 bits per heavy atom. The van der Waals surface area contributed by atoms with Crippen molar-refractivity contribution in [1.82, 2.24) is 24.7 Å². The van der Waals surface area contributed by atoms with Gasteiger partial charge in [-0.15, -0.1) is 10.2 Å². The Morgan fingerprint density at radius 2 is 1.16 bits per heavy atom.